The highest BCUT2D eigenvalue weighted by molar-refractivity contribution is 7.80. The lowest BCUT2D eigenvalue weighted by Gasteiger charge is -2.29. The Kier molecular flexibility index (Phi) is 5.09. The quantitative estimate of drug-likeness (QED) is 0.435. The first-order valence-electron chi connectivity index (χ1n) is 9.38. The van der Waals surface area contributed by atoms with E-state index in [0.717, 1.165) is 28.5 Å². The fourth-order valence-electron chi connectivity index (χ4n) is 3.69. The number of methoxy groups -OCH3 is 1. The van der Waals surface area contributed by atoms with E-state index in [1.165, 1.54) is 0 Å². The molecule has 1 saturated heterocycles. The Morgan fingerprint density at radius 2 is 1.84 bits per heavy atom. The van der Waals surface area contributed by atoms with Crippen LogP contribution in [-0.2, 0) is 11.3 Å². The van der Waals surface area contributed by atoms with Gasteiger partial charge in [0.05, 0.1) is 18.3 Å². The van der Waals surface area contributed by atoms with Gasteiger partial charge in [0, 0.05) is 24.2 Å². The number of amides is 1. The second kappa shape index (κ2) is 7.49. The first kappa shape index (κ1) is 21.0. The summed E-state index contributed by atoms with van der Waals surface area (Å²) in [6.45, 7) is 3.47. The van der Waals surface area contributed by atoms with E-state index in [2.05, 4.69) is 9.72 Å². The minimum Gasteiger partial charge on any atom is -0.491 e. The average molecular weight is 445 g/mol. The van der Waals surface area contributed by atoms with E-state index in [-0.39, 0.29) is 11.7 Å². The number of hydrogen-bond acceptors (Lipinski definition) is 4. The van der Waals surface area contributed by atoms with Gasteiger partial charge in [-0.2, -0.15) is 4.39 Å². The largest absolute Gasteiger partial charge is 0.491 e. The second-order valence-corrected chi connectivity index (χ2v) is 7.96. The van der Waals surface area contributed by atoms with Gasteiger partial charge < -0.3 is 9.64 Å². The van der Waals surface area contributed by atoms with Crippen LogP contribution in [0.3, 0.4) is 0 Å². The smallest absolute Gasteiger partial charge is 0.258 e. The second-order valence-electron chi connectivity index (χ2n) is 7.59. The van der Waals surface area contributed by atoms with Gasteiger partial charge in [-0.05, 0) is 43.8 Å². The molecule has 0 spiro atoms. The Morgan fingerprint density at radius 3 is 2.55 bits per heavy atom. The monoisotopic (exact) mass is 445 g/mol. The molecule has 0 radical (unpaired) electrons. The van der Waals surface area contributed by atoms with Gasteiger partial charge in [-0.3, -0.25) is 14.7 Å². The molecule has 4 rings (SSSR count). The fourth-order valence-corrected chi connectivity index (χ4v) is 4.17. The van der Waals surface area contributed by atoms with Crippen molar-refractivity contribution >= 4 is 39.8 Å². The lowest BCUT2D eigenvalue weighted by molar-refractivity contribution is -0.123. The maximum atomic E-state index is 14.7. The van der Waals surface area contributed by atoms with Gasteiger partial charge in [-0.15, -0.1) is 0 Å². The Morgan fingerprint density at radius 1 is 1.13 bits per heavy atom. The number of carbonyl (C=O) groups is 1. The van der Waals surface area contributed by atoms with E-state index in [0.29, 0.717) is 6.07 Å². The Labute approximate surface area is 182 Å². The number of benzene rings is 2. The molecule has 1 amide bonds. The van der Waals surface area contributed by atoms with Crippen molar-refractivity contribution in [2.75, 3.05) is 12.0 Å². The number of aromatic nitrogens is 1. The van der Waals surface area contributed by atoms with Crippen molar-refractivity contribution in [3.8, 4) is 5.75 Å². The van der Waals surface area contributed by atoms with Crippen LogP contribution in [0.1, 0.15) is 19.4 Å². The predicted molar refractivity (Wildman–Crippen MR) is 114 cm³/mol. The van der Waals surface area contributed by atoms with E-state index in [4.69, 9.17) is 12.2 Å². The number of anilines is 1. The third kappa shape index (κ3) is 3.20. The van der Waals surface area contributed by atoms with Gasteiger partial charge in [0.15, 0.2) is 22.5 Å². The Bertz CT molecular complexity index is 1230. The topological polar surface area (TPSA) is 45.7 Å². The Balaban J connectivity index is 1.78. The van der Waals surface area contributed by atoms with E-state index in [9.17, 15) is 18.0 Å². The van der Waals surface area contributed by atoms with Crippen molar-refractivity contribution in [1.82, 2.24) is 9.88 Å². The number of carbonyl (C=O) groups excluding carboxylic acids is 1. The van der Waals surface area contributed by atoms with Crippen molar-refractivity contribution in [3.63, 3.8) is 0 Å². The molecule has 0 unspecified atom stereocenters. The molecule has 0 N–H and O–H groups in total. The van der Waals surface area contributed by atoms with Crippen LogP contribution in [0.5, 0.6) is 5.75 Å². The third-order valence-corrected chi connectivity index (χ3v) is 5.84. The van der Waals surface area contributed by atoms with Gasteiger partial charge in [-0.1, -0.05) is 18.2 Å². The number of thiocarbonyl (C=S) groups is 1. The predicted octanol–water partition coefficient (Wildman–Crippen LogP) is 4.57. The molecule has 0 atom stereocenters. The van der Waals surface area contributed by atoms with E-state index < -0.39 is 40.3 Å². The summed E-state index contributed by atoms with van der Waals surface area (Å²) in [6.07, 6.45) is 1.65. The van der Waals surface area contributed by atoms with Crippen molar-refractivity contribution < 1.29 is 22.7 Å². The van der Waals surface area contributed by atoms with Gasteiger partial charge >= 0.3 is 0 Å². The molecular formula is C22H18F3N3O2S. The molecule has 0 aliphatic carbocycles. The number of ether oxygens (including phenoxy) is 1. The molecule has 9 heteroatoms. The number of rotatable bonds is 4. The molecule has 0 saturated carbocycles. The molecule has 1 fully saturated rings. The molecule has 31 heavy (non-hydrogen) atoms. The van der Waals surface area contributed by atoms with E-state index in [1.54, 1.807) is 24.9 Å². The van der Waals surface area contributed by atoms with Gasteiger partial charge in [-0.25, -0.2) is 8.78 Å². The van der Waals surface area contributed by atoms with Gasteiger partial charge in [0.2, 0.25) is 5.82 Å². The SMILES string of the molecule is COc1c(F)cc(N2C(=O)C(C)(C)N(Cc3ccnc4ccccc34)C2=S)c(F)c1F. The van der Waals surface area contributed by atoms with Crippen molar-refractivity contribution in [1.29, 1.82) is 0 Å². The van der Waals surface area contributed by atoms with Crippen molar-refractivity contribution in [2.45, 2.75) is 25.9 Å². The lowest BCUT2D eigenvalue weighted by Crippen LogP contribution is -2.43. The number of para-hydroxylation sites is 1. The van der Waals surface area contributed by atoms with Gasteiger partial charge in [0.1, 0.15) is 5.54 Å². The van der Waals surface area contributed by atoms with E-state index in [1.807, 2.05) is 30.3 Å². The molecule has 1 aliphatic heterocycles. The number of halogens is 3. The highest BCUT2D eigenvalue weighted by Gasteiger charge is 2.50. The summed E-state index contributed by atoms with van der Waals surface area (Å²) < 4.78 is 47.9. The normalized spacial score (nSPS) is 15.8. The summed E-state index contributed by atoms with van der Waals surface area (Å²) in [7, 11) is 1.02. The number of nitrogens with zero attached hydrogens (tertiary/aromatic N) is 3. The summed E-state index contributed by atoms with van der Waals surface area (Å²) in [4.78, 5) is 19.9. The zero-order valence-electron chi connectivity index (χ0n) is 16.9. The summed E-state index contributed by atoms with van der Waals surface area (Å²) in [6, 6.07) is 10.0. The molecule has 1 aliphatic rings. The zero-order chi connectivity index (χ0) is 22.5. The summed E-state index contributed by atoms with van der Waals surface area (Å²) in [5.41, 5.74) is -0.151. The molecule has 0 bridgehead atoms. The maximum absolute atomic E-state index is 14.7. The molecular weight excluding hydrogens is 427 g/mol. The van der Waals surface area contributed by atoms with Crippen LogP contribution in [0.25, 0.3) is 10.9 Å². The van der Waals surface area contributed by atoms with Gasteiger partial charge in [0.25, 0.3) is 5.91 Å². The standard InChI is InChI=1S/C22H18F3N3O2S/c1-22(2)20(29)28(16-10-14(23)19(30-3)18(25)17(16)24)21(31)27(22)11-12-8-9-26-15-7-5-4-6-13(12)15/h4-10H,11H2,1-3H3. The molecule has 1 aromatic heterocycles. The molecule has 2 heterocycles. The molecule has 3 aromatic rings. The Hall–Kier alpha value is -3.20. The molecule has 2 aromatic carbocycles. The van der Waals surface area contributed by atoms with Crippen LogP contribution in [0.4, 0.5) is 18.9 Å². The molecule has 5 nitrogen and oxygen atoms in total. The maximum Gasteiger partial charge on any atom is 0.258 e. The van der Waals surface area contributed by atoms with Crippen molar-refractivity contribution in [2.24, 2.45) is 0 Å². The lowest BCUT2D eigenvalue weighted by atomic mass is 10.0. The van der Waals surface area contributed by atoms with Crippen LogP contribution in [-0.4, -0.2) is 33.6 Å². The van der Waals surface area contributed by atoms with E-state index >= 15 is 0 Å². The summed E-state index contributed by atoms with van der Waals surface area (Å²) >= 11 is 5.47. The first-order valence-corrected chi connectivity index (χ1v) is 9.79. The third-order valence-electron chi connectivity index (χ3n) is 5.43. The first-order chi connectivity index (χ1) is 14.7. The van der Waals surface area contributed by atoms with Crippen molar-refractivity contribution in [3.05, 3.63) is 65.6 Å². The summed E-state index contributed by atoms with van der Waals surface area (Å²) in [5.74, 6) is -5.54. The van der Waals surface area contributed by atoms with Crippen LogP contribution in [0, 0.1) is 17.5 Å². The van der Waals surface area contributed by atoms with Crippen LogP contribution in [0.15, 0.2) is 42.6 Å². The number of fused-ring (bicyclic) bond motifs is 1. The average Bonchev–Trinajstić information content (AvgIpc) is 2.91. The zero-order valence-corrected chi connectivity index (χ0v) is 17.8. The number of pyridine rings is 1. The minimum absolute atomic E-state index is 0.0567. The molecule has 160 valence electrons. The summed E-state index contributed by atoms with van der Waals surface area (Å²) in [5, 5.41) is 0.820. The van der Waals surface area contributed by atoms with Crippen LogP contribution >= 0.6 is 12.2 Å². The van der Waals surface area contributed by atoms with Crippen LogP contribution in [0.2, 0.25) is 0 Å². The number of hydrogen-bond donors (Lipinski definition) is 0. The highest BCUT2D eigenvalue weighted by atomic mass is 32.1. The fraction of sp³-hybridized carbons (Fsp3) is 0.227. The highest BCUT2D eigenvalue weighted by Crippen LogP contribution is 2.38. The van der Waals surface area contributed by atoms with Crippen LogP contribution < -0.4 is 9.64 Å². The minimum atomic E-state index is -1.52.